The first-order chi connectivity index (χ1) is 7.06. The van der Waals surface area contributed by atoms with E-state index < -0.39 is 10.8 Å². The molecule has 1 amide bonds. The van der Waals surface area contributed by atoms with Crippen molar-refractivity contribution in [3.05, 3.63) is 0 Å². The van der Waals surface area contributed by atoms with E-state index in [-0.39, 0.29) is 24.1 Å². The van der Waals surface area contributed by atoms with Crippen molar-refractivity contribution in [2.45, 2.75) is 25.8 Å². The molecule has 2 atom stereocenters. The quantitative estimate of drug-likeness (QED) is 0.577. The highest BCUT2D eigenvalue weighted by Gasteiger charge is 2.07. The van der Waals surface area contributed by atoms with Crippen LogP contribution in [0.2, 0.25) is 0 Å². The number of carbonyl (C=O) groups is 1. The van der Waals surface area contributed by atoms with Crippen molar-refractivity contribution >= 4 is 16.7 Å². The van der Waals surface area contributed by atoms with Crippen LogP contribution < -0.4 is 11.1 Å². The Morgan fingerprint density at radius 3 is 2.87 bits per heavy atom. The van der Waals surface area contributed by atoms with Gasteiger partial charge in [-0.05, 0) is 13.3 Å². The minimum Gasteiger partial charge on any atom is -0.354 e. The lowest BCUT2D eigenvalue weighted by molar-refractivity contribution is -0.118. The SMILES string of the molecule is CC(N)CCS(=O)CC(=O)NCCC#N. The van der Waals surface area contributed by atoms with E-state index in [4.69, 9.17) is 11.0 Å². The molecule has 0 spiro atoms. The minimum atomic E-state index is -1.15. The van der Waals surface area contributed by atoms with Crippen molar-refractivity contribution in [1.29, 1.82) is 5.26 Å². The summed E-state index contributed by atoms with van der Waals surface area (Å²) in [5.41, 5.74) is 5.50. The first-order valence-corrected chi connectivity index (χ1v) is 6.29. The molecular formula is C9H17N3O2S. The monoisotopic (exact) mass is 231 g/mol. The molecule has 0 saturated carbocycles. The molecule has 0 radical (unpaired) electrons. The van der Waals surface area contributed by atoms with E-state index in [2.05, 4.69) is 5.32 Å². The largest absolute Gasteiger partial charge is 0.354 e. The average Bonchev–Trinajstić information content (AvgIpc) is 2.15. The molecule has 15 heavy (non-hydrogen) atoms. The highest BCUT2D eigenvalue weighted by molar-refractivity contribution is 7.85. The Bertz CT molecular complexity index is 261. The average molecular weight is 231 g/mol. The van der Waals surface area contributed by atoms with Crippen molar-refractivity contribution in [3.63, 3.8) is 0 Å². The number of hydrogen-bond acceptors (Lipinski definition) is 4. The smallest absolute Gasteiger partial charge is 0.232 e. The van der Waals surface area contributed by atoms with Crippen LogP contribution in [0.5, 0.6) is 0 Å². The number of rotatable bonds is 7. The Labute approximate surface area is 92.5 Å². The van der Waals surface area contributed by atoms with Crippen LogP contribution in [0.15, 0.2) is 0 Å². The number of nitriles is 1. The van der Waals surface area contributed by atoms with E-state index in [9.17, 15) is 9.00 Å². The summed E-state index contributed by atoms with van der Waals surface area (Å²) in [5, 5.41) is 10.7. The highest BCUT2D eigenvalue weighted by Crippen LogP contribution is 1.91. The van der Waals surface area contributed by atoms with Crippen molar-refractivity contribution < 1.29 is 9.00 Å². The van der Waals surface area contributed by atoms with E-state index in [1.54, 1.807) is 0 Å². The topological polar surface area (TPSA) is 96.0 Å². The Kier molecular flexibility index (Phi) is 7.86. The molecule has 0 saturated heterocycles. The molecule has 0 rings (SSSR count). The Morgan fingerprint density at radius 2 is 2.33 bits per heavy atom. The number of nitrogens with one attached hydrogen (secondary N) is 1. The molecule has 0 aliphatic carbocycles. The molecule has 0 aromatic rings. The fourth-order valence-corrected chi connectivity index (χ4v) is 2.02. The molecule has 6 heteroatoms. The Hall–Kier alpha value is -0.930. The van der Waals surface area contributed by atoms with Crippen LogP contribution in [0.3, 0.4) is 0 Å². The number of amides is 1. The van der Waals surface area contributed by atoms with Gasteiger partial charge in [0.25, 0.3) is 0 Å². The van der Waals surface area contributed by atoms with Gasteiger partial charge in [0.1, 0.15) is 5.75 Å². The first-order valence-electron chi connectivity index (χ1n) is 4.80. The molecular weight excluding hydrogens is 214 g/mol. The summed E-state index contributed by atoms with van der Waals surface area (Å²) in [6.45, 7) is 2.16. The van der Waals surface area contributed by atoms with Gasteiger partial charge in [-0.2, -0.15) is 5.26 Å². The lowest BCUT2D eigenvalue weighted by Gasteiger charge is -2.05. The molecule has 0 bridgehead atoms. The fraction of sp³-hybridized carbons (Fsp3) is 0.778. The number of nitrogens with zero attached hydrogens (tertiary/aromatic N) is 1. The summed E-state index contributed by atoms with van der Waals surface area (Å²) >= 11 is 0. The second-order valence-electron chi connectivity index (χ2n) is 3.31. The predicted octanol–water partition coefficient (Wildman–Crippen LogP) is -0.498. The predicted molar refractivity (Wildman–Crippen MR) is 59.4 cm³/mol. The fourth-order valence-electron chi connectivity index (χ4n) is 0.845. The minimum absolute atomic E-state index is 0.00184. The maximum Gasteiger partial charge on any atom is 0.232 e. The van der Waals surface area contributed by atoms with Crippen LogP contribution in [0.25, 0.3) is 0 Å². The lowest BCUT2D eigenvalue weighted by atomic mass is 10.3. The maximum absolute atomic E-state index is 11.3. The molecule has 3 N–H and O–H groups in total. The normalized spacial score (nSPS) is 13.9. The summed E-state index contributed by atoms with van der Waals surface area (Å²) < 4.78 is 11.3. The van der Waals surface area contributed by atoms with Crippen LogP contribution in [-0.4, -0.2) is 34.2 Å². The zero-order chi connectivity index (χ0) is 11.7. The third-order valence-electron chi connectivity index (χ3n) is 1.65. The van der Waals surface area contributed by atoms with Crippen LogP contribution >= 0.6 is 0 Å². The third-order valence-corrected chi connectivity index (χ3v) is 2.93. The van der Waals surface area contributed by atoms with Gasteiger partial charge in [-0.3, -0.25) is 9.00 Å². The van der Waals surface area contributed by atoms with Crippen LogP contribution in [0.4, 0.5) is 0 Å². The van der Waals surface area contributed by atoms with E-state index in [0.717, 1.165) is 0 Å². The van der Waals surface area contributed by atoms with Gasteiger partial charge in [-0.25, -0.2) is 0 Å². The molecule has 0 aliphatic heterocycles. The Morgan fingerprint density at radius 1 is 1.67 bits per heavy atom. The molecule has 86 valence electrons. The number of nitrogens with two attached hydrogens (primary N) is 1. The first kappa shape index (κ1) is 14.1. The van der Waals surface area contributed by atoms with E-state index in [0.29, 0.717) is 18.7 Å². The molecule has 0 aromatic heterocycles. The zero-order valence-corrected chi connectivity index (χ0v) is 9.68. The van der Waals surface area contributed by atoms with Crippen molar-refractivity contribution in [2.24, 2.45) is 5.73 Å². The van der Waals surface area contributed by atoms with Crippen LogP contribution in [-0.2, 0) is 15.6 Å². The molecule has 0 fully saturated rings. The molecule has 0 aromatic carbocycles. The lowest BCUT2D eigenvalue weighted by Crippen LogP contribution is -2.30. The summed E-state index contributed by atoms with van der Waals surface area (Å²) in [5.74, 6) is 0.176. The second-order valence-corrected chi connectivity index (χ2v) is 4.89. The molecule has 5 nitrogen and oxygen atoms in total. The van der Waals surface area contributed by atoms with Gasteiger partial charge in [-0.1, -0.05) is 0 Å². The van der Waals surface area contributed by atoms with Crippen LogP contribution in [0, 0.1) is 11.3 Å². The summed E-state index contributed by atoms with van der Waals surface area (Å²) in [4.78, 5) is 11.1. The number of hydrogen-bond donors (Lipinski definition) is 2. The highest BCUT2D eigenvalue weighted by atomic mass is 32.2. The molecule has 0 aliphatic rings. The second kappa shape index (κ2) is 8.38. The summed E-state index contributed by atoms with van der Waals surface area (Å²) in [7, 11) is -1.15. The van der Waals surface area contributed by atoms with E-state index in [1.165, 1.54) is 0 Å². The number of carbonyl (C=O) groups excluding carboxylic acids is 1. The Balaban J connectivity index is 3.59. The van der Waals surface area contributed by atoms with Gasteiger partial charge < -0.3 is 11.1 Å². The third kappa shape index (κ3) is 9.38. The van der Waals surface area contributed by atoms with Gasteiger partial charge in [0, 0.05) is 29.1 Å². The van der Waals surface area contributed by atoms with Crippen molar-refractivity contribution in [2.75, 3.05) is 18.1 Å². The summed E-state index contributed by atoms with van der Waals surface area (Å²) in [6.07, 6.45) is 0.927. The van der Waals surface area contributed by atoms with E-state index >= 15 is 0 Å². The van der Waals surface area contributed by atoms with Gasteiger partial charge in [0.05, 0.1) is 12.5 Å². The maximum atomic E-state index is 11.3. The van der Waals surface area contributed by atoms with Crippen molar-refractivity contribution in [1.82, 2.24) is 5.32 Å². The zero-order valence-electron chi connectivity index (χ0n) is 8.86. The van der Waals surface area contributed by atoms with Crippen LogP contribution in [0.1, 0.15) is 19.8 Å². The van der Waals surface area contributed by atoms with Gasteiger partial charge in [0.2, 0.25) is 5.91 Å². The van der Waals surface area contributed by atoms with Crippen molar-refractivity contribution in [3.8, 4) is 6.07 Å². The summed E-state index contributed by atoms with van der Waals surface area (Å²) in [6, 6.07) is 1.92. The van der Waals surface area contributed by atoms with Gasteiger partial charge in [-0.15, -0.1) is 0 Å². The van der Waals surface area contributed by atoms with Gasteiger partial charge >= 0.3 is 0 Å². The van der Waals surface area contributed by atoms with Gasteiger partial charge in [0.15, 0.2) is 0 Å². The molecule has 0 heterocycles. The molecule has 2 unspecified atom stereocenters. The standard InChI is InChI=1S/C9H17N3O2S/c1-8(11)3-6-15(14)7-9(13)12-5-2-4-10/h8H,2-3,5-7,11H2,1H3,(H,12,13). The van der Waals surface area contributed by atoms with E-state index in [1.807, 2.05) is 13.0 Å².